The van der Waals surface area contributed by atoms with Crippen LogP contribution in [0.15, 0.2) is 54.6 Å². The smallest absolute Gasteiger partial charge is 0.227 e. The Morgan fingerprint density at radius 2 is 1.73 bits per heavy atom. The van der Waals surface area contributed by atoms with Gasteiger partial charge in [0.1, 0.15) is 0 Å². The summed E-state index contributed by atoms with van der Waals surface area (Å²) in [6.07, 6.45) is 2.05. The average Bonchev–Trinajstić information content (AvgIpc) is 2.62. The Morgan fingerprint density at radius 3 is 2.38 bits per heavy atom. The lowest BCUT2D eigenvalue weighted by molar-refractivity contribution is -0.119. The Bertz CT molecular complexity index is 788. The van der Waals surface area contributed by atoms with Gasteiger partial charge in [-0.15, -0.1) is 0 Å². The van der Waals surface area contributed by atoms with E-state index in [0.29, 0.717) is 6.42 Å². The van der Waals surface area contributed by atoms with Gasteiger partial charge in [0.05, 0.1) is 6.04 Å². The fraction of sp³-hybridized carbons (Fsp3) is 0.364. The van der Waals surface area contributed by atoms with E-state index in [2.05, 4.69) is 6.92 Å². The number of nitrogens with zero attached hydrogens (tertiary/aromatic N) is 2. The molecular formula is C22H26N2O2. The zero-order valence-electron chi connectivity index (χ0n) is 15.7. The standard InChI is InChI=1S/C22H26N2O2/c1-4-10-22(26)24(18-11-6-5-7-12-18)21-15-16(2)23(17(3)25)20-14-9-8-13-19(20)21/h5-9,11-14,16,21H,4,10,15H2,1-3H3/t16-,21-/m0/s1. The fourth-order valence-electron chi connectivity index (χ4n) is 3.93. The minimum Gasteiger partial charge on any atom is -0.309 e. The molecule has 2 amide bonds. The molecule has 0 bridgehead atoms. The Kier molecular flexibility index (Phi) is 5.40. The van der Waals surface area contributed by atoms with Crippen LogP contribution in [0.5, 0.6) is 0 Å². The van der Waals surface area contributed by atoms with E-state index >= 15 is 0 Å². The van der Waals surface area contributed by atoms with Gasteiger partial charge in [-0.05, 0) is 43.5 Å². The van der Waals surface area contributed by atoms with Gasteiger partial charge in [0.25, 0.3) is 0 Å². The summed E-state index contributed by atoms with van der Waals surface area (Å²) in [5.74, 6) is 0.163. The first-order valence-electron chi connectivity index (χ1n) is 9.30. The van der Waals surface area contributed by atoms with Crippen LogP contribution in [0, 0.1) is 0 Å². The molecule has 0 aromatic heterocycles. The van der Waals surface area contributed by atoms with E-state index in [4.69, 9.17) is 0 Å². The number of carbonyl (C=O) groups is 2. The van der Waals surface area contributed by atoms with Crippen LogP contribution in [0.2, 0.25) is 0 Å². The summed E-state index contributed by atoms with van der Waals surface area (Å²) in [6, 6.07) is 17.8. The fourth-order valence-corrected chi connectivity index (χ4v) is 3.93. The summed E-state index contributed by atoms with van der Waals surface area (Å²) in [5, 5.41) is 0. The number of anilines is 2. The summed E-state index contributed by atoms with van der Waals surface area (Å²) in [5.41, 5.74) is 2.86. The van der Waals surface area contributed by atoms with E-state index in [0.717, 1.165) is 29.8 Å². The van der Waals surface area contributed by atoms with Crippen LogP contribution in [0.1, 0.15) is 51.6 Å². The van der Waals surface area contributed by atoms with Gasteiger partial charge in [-0.25, -0.2) is 0 Å². The second-order valence-corrected chi connectivity index (χ2v) is 6.90. The molecule has 2 aromatic rings. The molecule has 2 atom stereocenters. The maximum Gasteiger partial charge on any atom is 0.227 e. The van der Waals surface area contributed by atoms with Crippen molar-refractivity contribution in [3.8, 4) is 0 Å². The third-order valence-corrected chi connectivity index (χ3v) is 4.98. The monoisotopic (exact) mass is 350 g/mol. The van der Waals surface area contributed by atoms with Crippen molar-refractivity contribution in [1.82, 2.24) is 0 Å². The molecule has 2 aromatic carbocycles. The summed E-state index contributed by atoms with van der Waals surface area (Å²) < 4.78 is 0. The van der Waals surface area contributed by atoms with Gasteiger partial charge in [-0.2, -0.15) is 0 Å². The first kappa shape index (κ1) is 18.2. The third-order valence-electron chi connectivity index (χ3n) is 4.98. The van der Waals surface area contributed by atoms with Crippen LogP contribution in [-0.2, 0) is 9.59 Å². The Morgan fingerprint density at radius 1 is 1.08 bits per heavy atom. The second-order valence-electron chi connectivity index (χ2n) is 6.90. The molecule has 3 rings (SSSR count). The zero-order chi connectivity index (χ0) is 18.7. The van der Waals surface area contributed by atoms with Gasteiger partial charge in [0, 0.05) is 30.8 Å². The van der Waals surface area contributed by atoms with Gasteiger partial charge in [0.2, 0.25) is 11.8 Å². The Balaban J connectivity index is 2.11. The van der Waals surface area contributed by atoms with Gasteiger partial charge in [-0.3, -0.25) is 9.59 Å². The molecule has 0 radical (unpaired) electrons. The summed E-state index contributed by atoms with van der Waals surface area (Å²) in [4.78, 5) is 29.0. The normalized spacial score (nSPS) is 19.0. The van der Waals surface area contributed by atoms with Crippen molar-refractivity contribution in [1.29, 1.82) is 0 Å². The lowest BCUT2D eigenvalue weighted by Gasteiger charge is -2.43. The minimum absolute atomic E-state index is 0.0352. The molecule has 0 N–H and O–H groups in total. The lowest BCUT2D eigenvalue weighted by Crippen LogP contribution is -2.47. The van der Waals surface area contributed by atoms with Crippen LogP contribution in [0.4, 0.5) is 11.4 Å². The van der Waals surface area contributed by atoms with E-state index in [1.807, 2.05) is 71.3 Å². The van der Waals surface area contributed by atoms with E-state index in [1.54, 1.807) is 6.92 Å². The van der Waals surface area contributed by atoms with Crippen molar-refractivity contribution in [2.24, 2.45) is 0 Å². The highest BCUT2D eigenvalue weighted by Crippen LogP contribution is 2.42. The Hall–Kier alpha value is -2.62. The third kappa shape index (κ3) is 3.36. The molecule has 0 saturated heterocycles. The number of para-hydroxylation sites is 2. The number of rotatable bonds is 4. The lowest BCUT2D eigenvalue weighted by atomic mass is 9.89. The van der Waals surface area contributed by atoms with E-state index in [-0.39, 0.29) is 23.9 Å². The predicted octanol–water partition coefficient (Wildman–Crippen LogP) is 4.71. The van der Waals surface area contributed by atoms with Crippen LogP contribution in [0.25, 0.3) is 0 Å². The number of benzene rings is 2. The largest absolute Gasteiger partial charge is 0.309 e. The molecular weight excluding hydrogens is 324 g/mol. The van der Waals surface area contributed by atoms with E-state index < -0.39 is 0 Å². The maximum atomic E-state index is 13.0. The Labute approximate surface area is 155 Å². The zero-order valence-corrected chi connectivity index (χ0v) is 15.7. The molecule has 1 aliphatic heterocycles. The molecule has 4 heteroatoms. The molecule has 0 unspecified atom stereocenters. The SMILES string of the molecule is CCCC(=O)N(c1ccccc1)[C@H]1C[C@H](C)N(C(C)=O)c2ccccc21. The van der Waals surface area contributed by atoms with Gasteiger partial charge in [-0.1, -0.05) is 43.3 Å². The molecule has 1 heterocycles. The highest BCUT2D eigenvalue weighted by Gasteiger charge is 2.37. The molecule has 0 saturated carbocycles. The summed E-state index contributed by atoms with van der Waals surface area (Å²) in [7, 11) is 0. The number of fused-ring (bicyclic) bond motifs is 1. The van der Waals surface area contributed by atoms with Gasteiger partial charge in [0.15, 0.2) is 0 Å². The van der Waals surface area contributed by atoms with Crippen LogP contribution in [0.3, 0.4) is 0 Å². The molecule has 0 fully saturated rings. The first-order valence-corrected chi connectivity index (χ1v) is 9.30. The topological polar surface area (TPSA) is 40.6 Å². The van der Waals surface area contributed by atoms with Crippen LogP contribution in [-0.4, -0.2) is 17.9 Å². The number of carbonyl (C=O) groups excluding carboxylic acids is 2. The van der Waals surface area contributed by atoms with Crippen molar-refractivity contribution in [2.45, 2.75) is 52.1 Å². The highest BCUT2D eigenvalue weighted by atomic mass is 16.2. The molecule has 0 spiro atoms. The molecule has 4 nitrogen and oxygen atoms in total. The number of hydrogen-bond acceptors (Lipinski definition) is 2. The molecule has 1 aliphatic rings. The maximum absolute atomic E-state index is 13.0. The molecule has 136 valence electrons. The number of hydrogen-bond donors (Lipinski definition) is 0. The first-order chi connectivity index (χ1) is 12.5. The van der Waals surface area contributed by atoms with Crippen molar-refractivity contribution < 1.29 is 9.59 Å². The van der Waals surface area contributed by atoms with Crippen molar-refractivity contribution in [2.75, 3.05) is 9.80 Å². The van der Waals surface area contributed by atoms with Crippen molar-refractivity contribution >= 4 is 23.2 Å². The van der Waals surface area contributed by atoms with Crippen LogP contribution < -0.4 is 9.80 Å². The van der Waals surface area contributed by atoms with E-state index in [1.165, 1.54) is 0 Å². The van der Waals surface area contributed by atoms with Crippen molar-refractivity contribution in [3.05, 3.63) is 60.2 Å². The molecule has 26 heavy (non-hydrogen) atoms. The predicted molar refractivity (Wildman–Crippen MR) is 105 cm³/mol. The number of amides is 2. The van der Waals surface area contributed by atoms with Crippen LogP contribution >= 0.6 is 0 Å². The quantitative estimate of drug-likeness (QED) is 0.801. The highest BCUT2D eigenvalue weighted by molar-refractivity contribution is 5.97. The average molecular weight is 350 g/mol. The van der Waals surface area contributed by atoms with Gasteiger partial charge >= 0.3 is 0 Å². The van der Waals surface area contributed by atoms with E-state index in [9.17, 15) is 9.59 Å². The summed E-state index contributed by atoms with van der Waals surface area (Å²) >= 11 is 0. The summed E-state index contributed by atoms with van der Waals surface area (Å²) in [6.45, 7) is 5.68. The van der Waals surface area contributed by atoms with Gasteiger partial charge < -0.3 is 9.80 Å². The second kappa shape index (κ2) is 7.73. The van der Waals surface area contributed by atoms with Crippen molar-refractivity contribution in [3.63, 3.8) is 0 Å². The minimum atomic E-state index is -0.0711. The molecule has 0 aliphatic carbocycles.